The molecule has 0 bridgehead atoms. The van der Waals surface area contributed by atoms with Crippen LogP contribution in [0.3, 0.4) is 0 Å². The topological polar surface area (TPSA) is 46.5 Å². The van der Waals surface area contributed by atoms with Crippen LogP contribution in [-0.4, -0.2) is 23.8 Å². The molecule has 0 saturated carbocycles. The molecule has 1 aliphatic heterocycles. The Hall–Kier alpha value is -0.830. The minimum absolute atomic E-state index is 0.121. The van der Waals surface area contributed by atoms with Crippen LogP contribution < -0.4 is 0 Å². The fourth-order valence-electron chi connectivity index (χ4n) is 1.01. The third-order valence-electron chi connectivity index (χ3n) is 1.66. The zero-order valence-corrected chi connectivity index (χ0v) is 6.49. The minimum atomic E-state index is -0.278. The van der Waals surface area contributed by atoms with Gasteiger partial charge in [0.05, 0.1) is 0 Å². The van der Waals surface area contributed by atoms with Gasteiger partial charge in [-0.15, -0.1) is 0 Å². The molecule has 0 aromatic carbocycles. The SMILES string of the molecule is CC(CO)C[C@H]1C=CC(=O)O1. The van der Waals surface area contributed by atoms with Crippen molar-refractivity contribution >= 4 is 5.97 Å². The Morgan fingerprint density at radius 3 is 3.00 bits per heavy atom. The number of esters is 1. The summed E-state index contributed by atoms with van der Waals surface area (Å²) in [5, 5.41) is 8.70. The lowest BCUT2D eigenvalue weighted by Crippen LogP contribution is -2.14. The van der Waals surface area contributed by atoms with E-state index in [2.05, 4.69) is 0 Å². The highest BCUT2D eigenvalue weighted by Gasteiger charge is 2.18. The summed E-state index contributed by atoms with van der Waals surface area (Å²) in [7, 11) is 0. The average molecular weight is 156 g/mol. The number of ether oxygens (including phenoxy) is 1. The quantitative estimate of drug-likeness (QED) is 0.605. The van der Waals surface area contributed by atoms with Crippen LogP contribution in [0.1, 0.15) is 13.3 Å². The van der Waals surface area contributed by atoms with Gasteiger partial charge in [-0.2, -0.15) is 0 Å². The van der Waals surface area contributed by atoms with E-state index in [9.17, 15) is 4.79 Å². The van der Waals surface area contributed by atoms with E-state index >= 15 is 0 Å². The van der Waals surface area contributed by atoms with E-state index in [-0.39, 0.29) is 24.6 Å². The number of rotatable bonds is 3. The van der Waals surface area contributed by atoms with Gasteiger partial charge in [0.25, 0.3) is 0 Å². The lowest BCUT2D eigenvalue weighted by Gasteiger charge is -2.11. The maximum atomic E-state index is 10.6. The smallest absolute Gasteiger partial charge is 0.331 e. The van der Waals surface area contributed by atoms with Gasteiger partial charge in [-0.3, -0.25) is 0 Å². The summed E-state index contributed by atoms with van der Waals surface area (Å²) in [5.41, 5.74) is 0. The highest BCUT2D eigenvalue weighted by atomic mass is 16.5. The Morgan fingerprint density at radius 2 is 2.55 bits per heavy atom. The van der Waals surface area contributed by atoms with Crippen molar-refractivity contribution in [2.24, 2.45) is 5.92 Å². The van der Waals surface area contributed by atoms with Crippen molar-refractivity contribution in [1.82, 2.24) is 0 Å². The molecule has 0 aliphatic carbocycles. The van der Waals surface area contributed by atoms with Crippen molar-refractivity contribution in [2.45, 2.75) is 19.4 Å². The zero-order valence-electron chi connectivity index (χ0n) is 6.49. The van der Waals surface area contributed by atoms with Crippen LogP contribution in [0.25, 0.3) is 0 Å². The molecule has 0 aromatic heterocycles. The number of hydrogen-bond donors (Lipinski definition) is 1. The molecule has 1 rings (SSSR count). The molecule has 0 radical (unpaired) electrons. The maximum absolute atomic E-state index is 10.6. The highest BCUT2D eigenvalue weighted by Crippen LogP contribution is 2.14. The second-order valence-electron chi connectivity index (χ2n) is 2.86. The van der Waals surface area contributed by atoms with Crippen LogP contribution in [0.15, 0.2) is 12.2 Å². The normalized spacial score (nSPS) is 25.3. The first kappa shape index (κ1) is 8.27. The minimum Gasteiger partial charge on any atom is -0.455 e. The number of cyclic esters (lactones) is 1. The van der Waals surface area contributed by atoms with Gasteiger partial charge in [0.2, 0.25) is 0 Å². The van der Waals surface area contributed by atoms with Crippen LogP contribution in [0.5, 0.6) is 0 Å². The molecule has 11 heavy (non-hydrogen) atoms. The monoisotopic (exact) mass is 156 g/mol. The molecule has 62 valence electrons. The molecule has 0 aromatic rings. The lowest BCUT2D eigenvalue weighted by molar-refractivity contribution is -0.139. The van der Waals surface area contributed by atoms with Crippen molar-refractivity contribution in [3.63, 3.8) is 0 Å². The van der Waals surface area contributed by atoms with E-state index in [4.69, 9.17) is 9.84 Å². The molecular weight excluding hydrogens is 144 g/mol. The molecule has 3 nitrogen and oxygen atoms in total. The van der Waals surface area contributed by atoms with Gasteiger partial charge < -0.3 is 9.84 Å². The molecule has 1 aliphatic rings. The first-order chi connectivity index (χ1) is 5.22. The van der Waals surface area contributed by atoms with Gasteiger partial charge in [-0.25, -0.2) is 4.79 Å². The van der Waals surface area contributed by atoms with Crippen molar-refractivity contribution in [3.8, 4) is 0 Å². The summed E-state index contributed by atoms with van der Waals surface area (Å²) in [4.78, 5) is 10.6. The molecular formula is C8H12O3. The summed E-state index contributed by atoms with van der Waals surface area (Å²) in [6.07, 6.45) is 3.74. The van der Waals surface area contributed by atoms with Gasteiger partial charge in [0.15, 0.2) is 0 Å². The van der Waals surface area contributed by atoms with Crippen LogP contribution >= 0.6 is 0 Å². The molecule has 1 N–H and O–H groups in total. The molecule has 3 heteroatoms. The predicted molar refractivity (Wildman–Crippen MR) is 39.9 cm³/mol. The Kier molecular flexibility index (Phi) is 2.65. The fraction of sp³-hybridized carbons (Fsp3) is 0.625. The van der Waals surface area contributed by atoms with Crippen molar-refractivity contribution in [1.29, 1.82) is 0 Å². The van der Waals surface area contributed by atoms with Crippen molar-refractivity contribution < 1.29 is 14.6 Å². The second-order valence-corrected chi connectivity index (χ2v) is 2.86. The summed E-state index contributed by atoms with van der Waals surface area (Å²) < 4.78 is 4.87. The number of aliphatic hydroxyl groups excluding tert-OH is 1. The van der Waals surface area contributed by atoms with Gasteiger partial charge in [0.1, 0.15) is 6.10 Å². The molecule has 0 spiro atoms. The summed E-state index contributed by atoms with van der Waals surface area (Å²) in [6.45, 7) is 2.06. The number of aliphatic hydroxyl groups is 1. The average Bonchev–Trinajstić information content (AvgIpc) is 2.35. The van der Waals surface area contributed by atoms with Crippen LogP contribution in [0.2, 0.25) is 0 Å². The Morgan fingerprint density at radius 1 is 1.82 bits per heavy atom. The van der Waals surface area contributed by atoms with Gasteiger partial charge in [-0.1, -0.05) is 6.92 Å². The first-order valence-electron chi connectivity index (χ1n) is 3.72. The van der Waals surface area contributed by atoms with E-state index < -0.39 is 0 Å². The van der Waals surface area contributed by atoms with Gasteiger partial charge >= 0.3 is 5.97 Å². The van der Waals surface area contributed by atoms with E-state index in [1.54, 1.807) is 6.08 Å². The Bertz CT molecular complexity index is 174. The number of carbonyl (C=O) groups is 1. The van der Waals surface area contributed by atoms with E-state index in [1.165, 1.54) is 6.08 Å². The largest absolute Gasteiger partial charge is 0.455 e. The zero-order chi connectivity index (χ0) is 8.27. The fourth-order valence-corrected chi connectivity index (χ4v) is 1.01. The van der Waals surface area contributed by atoms with Crippen LogP contribution in [0, 0.1) is 5.92 Å². The van der Waals surface area contributed by atoms with Gasteiger partial charge in [-0.05, 0) is 18.4 Å². The standard InChI is InChI=1S/C8H12O3/c1-6(5-9)4-7-2-3-8(10)11-7/h2-3,6-7,9H,4-5H2,1H3/t6?,7-/m1/s1. The number of hydrogen-bond acceptors (Lipinski definition) is 3. The highest BCUT2D eigenvalue weighted by molar-refractivity contribution is 5.84. The third kappa shape index (κ3) is 2.35. The molecule has 0 amide bonds. The summed E-state index contributed by atoms with van der Waals surface area (Å²) in [6, 6.07) is 0. The molecule has 2 atom stereocenters. The van der Waals surface area contributed by atoms with Crippen LogP contribution in [-0.2, 0) is 9.53 Å². The summed E-state index contributed by atoms with van der Waals surface area (Å²) in [5.74, 6) is -0.0873. The predicted octanol–water partition coefficient (Wildman–Crippen LogP) is 0.486. The van der Waals surface area contributed by atoms with Crippen molar-refractivity contribution in [2.75, 3.05) is 6.61 Å². The molecule has 1 heterocycles. The first-order valence-corrected chi connectivity index (χ1v) is 3.72. The van der Waals surface area contributed by atoms with Gasteiger partial charge in [0, 0.05) is 12.7 Å². The van der Waals surface area contributed by atoms with E-state index in [1.807, 2.05) is 6.92 Å². The molecule has 0 fully saturated rings. The Labute approximate surface area is 65.7 Å². The van der Waals surface area contributed by atoms with E-state index in [0.717, 1.165) is 0 Å². The lowest BCUT2D eigenvalue weighted by atomic mass is 10.1. The third-order valence-corrected chi connectivity index (χ3v) is 1.66. The van der Waals surface area contributed by atoms with Crippen molar-refractivity contribution in [3.05, 3.63) is 12.2 Å². The maximum Gasteiger partial charge on any atom is 0.331 e. The number of carbonyl (C=O) groups excluding carboxylic acids is 1. The van der Waals surface area contributed by atoms with E-state index in [0.29, 0.717) is 6.42 Å². The molecule has 1 unspecified atom stereocenters. The van der Waals surface area contributed by atoms with Crippen LogP contribution in [0.4, 0.5) is 0 Å². The second kappa shape index (κ2) is 3.53. The Balaban J connectivity index is 2.29. The molecule has 0 saturated heterocycles. The summed E-state index contributed by atoms with van der Waals surface area (Å²) >= 11 is 0.